The fourth-order valence-corrected chi connectivity index (χ4v) is 1.75. The molecule has 1 unspecified atom stereocenters. The largest absolute Gasteiger partial charge is 0.394 e. The Bertz CT molecular complexity index is 618. The zero-order chi connectivity index (χ0) is 14.4. The van der Waals surface area contributed by atoms with E-state index in [1.54, 1.807) is 0 Å². The van der Waals surface area contributed by atoms with Gasteiger partial charge in [0.15, 0.2) is 0 Å². The molecule has 5 nitrogen and oxygen atoms in total. The van der Waals surface area contributed by atoms with Gasteiger partial charge >= 0.3 is 0 Å². The Hall–Kier alpha value is -2.71. The number of aliphatic hydroxyl groups excluding tert-OH is 1. The van der Waals surface area contributed by atoms with E-state index in [0.29, 0.717) is 5.56 Å². The summed E-state index contributed by atoms with van der Waals surface area (Å²) in [5.41, 5.74) is 1.42. The molecule has 1 atom stereocenters. The molecule has 5 heteroatoms. The van der Waals surface area contributed by atoms with Gasteiger partial charge in [0.05, 0.1) is 18.2 Å². The Morgan fingerprint density at radius 2 is 2.05 bits per heavy atom. The van der Waals surface area contributed by atoms with Crippen LogP contribution in [0.5, 0.6) is 0 Å². The minimum absolute atomic E-state index is 0.202. The number of aromatic nitrogens is 1. The molecule has 1 aromatic carbocycles. The normalized spacial score (nSPS) is 11.4. The van der Waals surface area contributed by atoms with Crippen LogP contribution < -0.4 is 5.32 Å². The van der Waals surface area contributed by atoms with E-state index in [4.69, 9.17) is 5.26 Å². The smallest absolute Gasteiger partial charge is 0.270 e. The number of rotatable bonds is 4. The Morgan fingerprint density at radius 3 is 2.60 bits per heavy atom. The van der Waals surface area contributed by atoms with Crippen molar-refractivity contribution in [3.8, 4) is 6.07 Å². The van der Waals surface area contributed by atoms with Crippen molar-refractivity contribution in [2.24, 2.45) is 0 Å². The second-order valence-corrected chi connectivity index (χ2v) is 4.16. The minimum Gasteiger partial charge on any atom is -0.394 e. The van der Waals surface area contributed by atoms with Gasteiger partial charge in [0.25, 0.3) is 5.91 Å². The number of hydrogen-bond donors (Lipinski definition) is 2. The molecule has 0 aliphatic heterocycles. The van der Waals surface area contributed by atoms with E-state index in [-0.39, 0.29) is 12.3 Å². The maximum Gasteiger partial charge on any atom is 0.270 e. The predicted octanol–water partition coefficient (Wildman–Crippen LogP) is 1.42. The molecular formula is C15H13N3O2. The molecule has 0 fully saturated rings. The van der Waals surface area contributed by atoms with Gasteiger partial charge in [0.2, 0.25) is 0 Å². The molecule has 0 aliphatic carbocycles. The number of amides is 1. The van der Waals surface area contributed by atoms with Crippen molar-refractivity contribution in [2.75, 3.05) is 6.61 Å². The summed E-state index contributed by atoms with van der Waals surface area (Å²) in [7, 11) is 0. The molecule has 0 saturated carbocycles. The molecular weight excluding hydrogens is 254 g/mol. The SMILES string of the molecule is N#Cc1ccc(C(=O)NC(CO)c2ccccc2)nc1. The quantitative estimate of drug-likeness (QED) is 0.877. The van der Waals surface area contributed by atoms with Crippen molar-refractivity contribution >= 4 is 5.91 Å². The van der Waals surface area contributed by atoms with Crippen LogP contribution in [0.15, 0.2) is 48.7 Å². The van der Waals surface area contributed by atoms with E-state index in [1.165, 1.54) is 18.3 Å². The first-order chi connectivity index (χ1) is 9.74. The molecule has 0 radical (unpaired) electrons. The molecule has 0 aliphatic rings. The Balaban J connectivity index is 2.11. The first-order valence-corrected chi connectivity index (χ1v) is 6.07. The standard InChI is InChI=1S/C15H13N3O2/c16-8-11-6-7-13(17-9-11)15(20)18-14(10-19)12-4-2-1-3-5-12/h1-7,9,14,19H,10H2,(H,18,20). The van der Waals surface area contributed by atoms with E-state index < -0.39 is 11.9 Å². The number of carbonyl (C=O) groups is 1. The topological polar surface area (TPSA) is 86.0 Å². The lowest BCUT2D eigenvalue weighted by Gasteiger charge is -2.16. The maximum absolute atomic E-state index is 12.0. The molecule has 1 amide bonds. The number of nitriles is 1. The first-order valence-electron chi connectivity index (χ1n) is 6.07. The van der Waals surface area contributed by atoms with Crippen LogP contribution in [0.4, 0.5) is 0 Å². The van der Waals surface area contributed by atoms with Crippen LogP contribution in [0.3, 0.4) is 0 Å². The number of aliphatic hydroxyl groups is 1. The Morgan fingerprint density at radius 1 is 1.30 bits per heavy atom. The number of carbonyl (C=O) groups excluding carboxylic acids is 1. The highest BCUT2D eigenvalue weighted by molar-refractivity contribution is 5.92. The monoisotopic (exact) mass is 267 g/mol. The highest BCUT2D eigenvalue weighted by atomic mass is 16.3. The summed E-state index contributed by atoms with van der Waals surface area (Å²) in [5, 5.41) is 20.8. The minimum atomic E-state index is -0.485. The van der Waals surface area contributed by atoms with Crippen LogP contribution in [0, 0.1) is 11.3 Å². The molecule has 100 valence electrons. The van der Waals surface area contributed by atoms with Crippen LogP contribution >= 0.6 is 0 Å². The summed E-state index contributed by atoms with van der Waals surface area (Å²) in [4.78, 5) is 15.9. The van der Waals surface area contributed by atoms with Gasteiger partial charge in [-0.3, -0.25) is 4.79 Å². The molecule has 1 heterocycles. The van der Waals surface area contributed by atoms with Crippen LogP contribution in [0.25, 0.3) is 0 Å². The zero-order valence-corrected chi connectivity index (χ0v) is 10.7. The van der Waals surface area contributed by atoms with Crippen LogP contribution in [-0.4, -0.2) is 22.6 Å². The molecule has 0 saturated heterocycles. The third kappa shape index (κ3) is 3.19. The van der Waals surface area contributed by atoms with Crippen molar-refractivity contribution in [1.82, 2.24) is 10.3 Å². The van der Waals surface area contributed by atoms with E-state index >= 15 is 0 Å². The van der Waals surface area contributed by atoms with Crippen LogP contribution in [-0.2, 0) is 0 Å². The predicted molar refractivity (Wildman–Crippen MR) is 72.7 cm³/mol. The van der Waals surface area contributed by atoms with Crippen molar-refractivity contribution in [3.05, 3.63) is 65.5 Å². The summed E-state index contributed by atoms with van der Waals surface area (Å²) in [5.74, 6) is -0.391. The van der Waals surface area contributed by atoms with Gasteiger partial charge in [-0.15, -0.1) is 0 Å². The highest BCUT2D eigenvalue weighted by Crippen LogP contribution is 2.12. The van der Waals surface area contributed by atoms with E-state index in [9.17, 15) is 9.90 Å². The molecule has 2 aromatic rings. The molecule has 1 aromatic heterocycles. The van der Waals surface area contributed by atoms with Crippen molar-refractivity contribution in [2.45, 2.75) is 6.04 Å². The molecule has 0 bridgehead atoms. The van der Waals surface area contributed by atoms with Crippen LogP contribution in [0.2, 0.25) is 0 Å². The van der Waals surface area contributed by atoms with Gasteiger partial charge < -0.3 is 10.4 Å². The second kappa shape index (κ2) is 6.45. The first kappa shape index (κ1) is 13.7. The number of hydrogen-bond acceptors (Lipinski definition) is 4. The lowest BCUT2D eigenvalue weighted by atomic mass is 10.1. The Kier molecular flexibility index (Phi) is 4.43. The summed E-state index contributed by atoms with van der Waals surface area (Å²) >= 11 is 0. The van der Waals surface area contributed by atoms with Gasteiger partial charge in [-0.2, -0.15) is 5.26 Å². The van der Waals surface area contributed by atoms with E-state index in [1.807, 2.05) is 36.4 Å². The molecule has 2 rings (SSSR count). The molecule has 0 spiro atoms. The van der Waals surface area contributed by atoms with Gasteiger partial charge in [-0.25, -0.2) is 4.98 Å². The Labute approximate surface area is 116 Å². The molecule has 2 N–H and O–H groups in total. The van der Waals surface area contributed by atoms with Gasteiger partial charge in [-0.05, 0) is 17.7 Å². The van der Waals surface area contributed by atoms with Crippen molar-refractivity contribution < 1.29 is 9.90 Å². The fraction of sp³-hybridized carbons (Fsp3) is 0.133. The average Bonchev–Trinajstić information content (AvgIpc) is 2.53. The van der Waals surface area contributed by atoms with Gasteiger partial charge in [-0.1, -0.05) is 30.3 Å². The van der Waals surface area contributed by atoms with Gasteiger partial charge in [0, 0.05) is 6.20 Å². The van der Waals surface area contributed by atoms with Gasteiger partial charge in [0.1, 0.15) is 11.8 Å². The number of nitrogens with zero attached hydrogens (tertiary/aromatic N) is 2. The van der Waals surface area contributed by atoms with E-state index in [2.05, 4.69) is 10.3 Å². The summed E-state index contributed by atoms with van der Waals surface area (Å²) in [6, 6.07) is 13.6. The third-order valence-electron chi connectivity index (χ3n) is 2.82. The lowest BCUT2D eigenvalue weighted by molar-refractivity contribution is 0.0911. The molecule has 20 heavy (non-hydrogen) atoms. The fourth-order valence-electron chi connectivity index (χ4n) is 1.75. The number of nitrogens with one attached hydrogen (secondary N) is 1. The zero-order valence-electron chi connectivity index (χ0n) is 10.7. The highest BCUT2D eigenvalue weighted by Gasteiger charge is 2.15. The third-order valence-corrected chi connectivity index (χ3v) is 2.82. The summed E-state index contributed by atoms with van der Waals surface area (Å²) in [6.45, 7) is -0.202. The van der Waals surface area contributed by atoms with E-state index in [0.717, 1.165) is 5.56 Å². The summed E-state index contributed by atoms with van der Waals surface area (Å²) < 4.78 is 0. The van der Waals surface area contributed by atoms with Crippen LogP contribution in [0.1, 0.15) is 27.7 Å². The summed E-state index contributed by atoms with van der Waals surface area (Å²) in [6.07, 6.45) is 1.34. The second-order valence-electron chi connectivity index (χ2n) is 4.16. The van der Waals surface area contributed by atoms with Crippen molar-refractivity contribution in [3.63, 3.8) is 0 Å². The maximum atomic E-state index is 12.0. The van der Waals surface area contributed by atoms with Crippen molar-refractivity contribution in [1.29, 1.82) is 5.26 Å². The number of pyridine rings is 1. The number of benzene rings is 1. The lowest BCUT2D eigenvalue weighted by Crippen LogP contribution is -2.31. The average molecular weight is 267 g/mol.